The molecule has 0 saturated carbocycles. The number of imide groups is 1. The topological polar surface area (TPSA) is 74.8 Å². The molecule has 1 atom stereocenters. The van der Waals surface area contributed by atoms with Gasteiger partial charge >= 0.3 is 0 Å². The van der Waals surface area contributed by atoms with Gasteiger partial charge in [0.05, 0.1) is 5.69 Å². The third-order valence-corrected chi connectivity index (χ3v) is 4.19. The number of aromatic amines is 1. The summed E-state index contributed by atoms with van der Waals surface area (Å²) in [6.45, 7) is 2.26. The number of fused-ring (bicyclic) bond motifs is 1. The molecule has 1 aliphatic carbocycles. The normalized spacial score (nSPS) is 24.2. The number of H-pyrrole nitrogens is 1. The fraction of sp³-hybridized carbons (Fsp3) is 0.643. The van der Waals surface area contributed by atoms with Crippen molar-refractivity contribution in [1.29, 1.82) is 0 Å². The number of amides is 2. The van der Waals surface area contributed by atoms with Crippen LogP contribution in [0, 0.1) is 11.8 Å². The zero-order valence-electron chi connectivity index (χ0n) is 11.2. The van der Waals surface area contributed by atoms with E-state index >= 15 is 0 Å². The summed E-state index contributed by atoms with van der Waals surface area (Å²) in [5, 5.41) is 9.88. The van der Waals surface area contributed by atoms with Crippen molar-refractivity contribution in [3.63, 3.8) is 0 Å². The molecule has 2 heterocycles. The minimum absolute atomic E-state index is 0.103. The summed E-state index contributed by atoms with van der Waals surface area (Å²) in [5.74, 6) is 0.490. The van der Waals surface area contributed by atoms with Gasteiger partial charge in [-0.1, -0.05) is 6.92 Å². The quantitative estimate of drug-likeness (QED) is 0.784. The highest BCUT2D eigenvalue weighted by Gasteiger charge is 2.28. The Bertz CT molecular complexity index is 505. The van der Waals surface area contributed by atoms with Crippen molar-refractivity contribution in [2.75, 3.05) is 0 Å². The molecule has 1 saturated heterocycles. The average molecular weight is 261 g/mol. The number of hydrogen-bond donors (Lipinski definition) is 2. The number of aromatic nitrogens is 2. The summed E-state index contributed by atoms with van der Waals surface area (Å²) in [5.41, 5.74) is 3.64. The molecule has 2 N–H and O–H groups in total. The van der Waals surface area contributed by atoms with Gasteiger partial charge in [0.15, 0.2) is 0 Å². The van der Waals surface area contributed by atoms with Gasteiger partial charge in [0.25, 0.3) is 0 Å². The minimum atomic E-state index is -0.154. The Hall–Kier alpha value is -1.65. The summed E-state index contributed by atoms with van der Waals surface area (Å²) in [6.07, 6.45) is 4.93. The van der Waals surface area contributed by atoms with Gasteiger partial charge in [-0.15, -0.1) is 0 Å². The number of nitrogens with zero attached hydrogens (tertiary/aromatic N) is 1. The van der Waals surface area contributed by atoms with Crippen molar-refractivity contribution in [1.82, 2.24) is 15.5 Å². The maximum Gasteiger partial charge on any atom is 0.226 e. The minimum Gasteiger partial charge on any atom is -0.296 e. The zero-order valence-corrected chi connectivity index (χ0v) is 11.2. The van der Waals surface area contributed by atoms with E-state index in [2.05, 4.69) is 22.4 Å². The molecule has 2 aliphatic rings. The van der Waals surface area contributed by atoms with Gasteiger partial charge < -0.3 is 0 Å². The van der Waals surface area contributed by atoms with Crippen molar-refractivity contribution in [3.8, 4) is 0 Å². The molecule has 2 amide bonds. The van der Waals surface area contributed by atoms with Gasteiger partial charge in [0.2, 0.25) is 11.8 Å². The Balaban J connectivity index is 1.75. The fourth-order valence-corrected chi connectivity index (χ4v) is 3.17. The standard InChI is InChI=1S/C14H19N3O2/c1-8-2-3-11-10(4-8)12(17-16-11)5-9-6-13(18)15-14(19)7-9/h8-9H,2-7H2,1H3,(H,16,17)(H,15,18,19)/t8-/m0/s1. The Morgan fingerprint density at radius 2 is 1.95 bits per heavy atom. The molecule has 1 fully saturated rings. The van der Waals surface area contributed by atoms with E-state index in [1.54, 1.807) is 0 Å². The van der Waals surface area contributed by atoms with E-state index in [0.717, 1.165) is 25.0 Å². The van der Waals surface area contributed by atoms with E-state index in [0.29, 0.717) is 18.8 Å². The molecule has 1 aromatic rings. The lowest BCUT2D eigenvalue weighted by atomic mass is 9.84. The third kappa shape index (κ3) is 2.55. The molecule has 0 bridgehead atoms. The Morgan fingerprint density at radius 3 is 2.68 bits per heavy atom. The summed E-state index contributed by atoms with van der Waals surface area (Å²) in [4.78, 5) is 22.8. The SMILES string of the molecule is C[C@H]1CCc2[nH]nc(CC3CC(=O)NC(=O)C3)c2C1. The van der Waals surface area contributed by atoms with Gasteiger partial charge in [0, 0.05) is 18.5 Å². The molecular weight excluding hydrogens is 242 g/mol. The molecule has 1 aliphatic heterocycles. The highest BCUT2D eigenvalue weighted by atomic mass is 16.2. The third-order valence-electron chi connectivity index (χ3n) is 4.19. The first-order valence-electron chi connectivity index (χ1n) is 6.99. The first-order chi connectivity index (χ1) is 9.11. The maximum absolute atomic E-state index is 11.4. The fourth-order valence-electron chi connectivity index (χ4n) is 3.17. The predicted molar refractivity (Wildman–Crippen MR) is 69.4 cm³/mol. The molecule has 102 valence electrons. The number of aryl methyl sites for hydroxylation is 1. The van der Waals surface area contributed by atoms with Gasteiger partial charge in [-0.3, -0.25) is 20.0 Å². The van der Waals surface area contributed by atoms with Crippen molar-refractivity contribution in [2.45, 2.75) is 45.4 Å². The number of carbonyl (C=O) groups is 2. The van der Waals surface area contributed by atoms with Crippen LogP contribution >= 0.6 is 0 Å². The largest absolute Gasteiger partial charge is 0.296 e. The van der Waals surface area contributed by atoms with Crippen LogP contribution < -0.4 is 5.32 Å². The summed E-state index contributed by atoms with van der Waals surface area (Å²) < 4.78 is 0. The van der Waals surface area contributed by atoms with Crippen molar-refractivity contribution < 1.29 is 9.59 Å². The highest BCUT2D eigenvalue weighted by Crippen LogP contribution is 2.29. The number of nitrogens with one attached hydrogen (secondary N) is 2. The second-order valence-corrected chi connectivity index (χ2v) is 5.93. The average Bonchev–Trinajstić information content (AvgIpc) is 2.70. The molecule has 0 spiro atoms. The van der Waals surface area contributed by atoms with Crippen LogP contribution in [0.2, 0.25) is 0 Å². The van der Waals surface area contributed by atoms with Crippen molar-refractivity contribution in [3.05, 3.63) is 17.0 Å². The Kier molecular flexibility index (Phi) is 3.12. The molecule has 0 radical (unpaired) electrons. The maximum atomic E-state index is 11.4. The molecule has 1 aromatic heterocycles. The highest BCUT2D eigenvalue weighted by molar-refractivity contribution is 5.97. The smallest absolute Gasteiger partial charge is 0.226 e. The summed E-state index contributed by atoms with van der Waals surface area (Å²) in [6, 6.07) is 0. The zero-order chi connectivity index (χ0) is 13.4. The van der Waals surface area contributed by atoms with Crippen LogP contribution in [-0.2, 0) is 28.9 Å². The Labute approximate surface area is 112 Å². The predicted octanol–water partition coefficient (Wildman–Crippen LogP) is 1.13. The van der Waals surface area contributed by atoms with Gasteiger partial charge in [-0.2, -0.15) is 5.10 Å². The van der Waals surface area contributed by atoms with E-state index in [1.807, 2.05) is 0 Å². The number of piperidine rings is 1. The van der Waals surface area contributed by atoms with E-state index < -0.39 is 0 Å². The molecule has 0 aromatic carbocycles. The lowest BCUT2D eigenvalue weighted by Crippen LogP contribution is -2.39. The van der Waals surface area contributed by atoms with E-state index in [1.165, 1.54) is 17.7 Å². The monoisotopic (exact) mass is 261 g/mol. The van der Waals surface area contributed by atoms with E-state index in [4.69, 9.17) is 0 Å². The molecule has 0 unspecified atom stereocenters. The van der Waals surface area contributed by atoms with Crippen LogP contribution in [-0.4, -0.2) is 22.0 Å². The summed E-state index contributed by atoms with van der Waals surface area (Å²) >= 11 is 0. The molecule has 5 nitrogen and oxygen atoms in total. The van der Waals surface area contributed by atoms with Crippen molar-refractivity contribution in [2.24, 2.45) is 11.8 Å². The second-order valence-electron chi connectivity index (χ2n) is 5.93. The van der Waals surface area contributed by atoms with Crippen LogP contribution in [0.15, 0.2) is 0 Å². The second kappa shape index (κ2) is 4.79. The number of carbonyl (C=O) groups excluding carboxylic acids is 2. The van der Waals surface area contributed by atoms with Crippen LogP contribution in [0.4, 0.5) is 0 Å². The van der Waals surface area contributed by atoms with Crippen LogP contribution in [0.25, 0.3) is 0 Å². The molecule has 19 heavy (non-hydrogen) atoms. The molecule has 5 heteroatoms. The molecule has 3 rings (SSSR count). The van der Waals surface area contributed by atoms with Gasteiger partial charge in [-0.05, 0) is 43.1 Å². The number of rotatable bonds is 2. The first-order valence-corrected chi connectivity index (χ1v) is 6.99. The lowest BCUT2D eigenvalue weighted by Gasteiger charge is -2.22. The van der Waals surface area contributed by atoms with Crippen molar-refractivity contribution >= 4 is 11.8 Å². The van der Waals surface area contributed by atoms with Gasteiger partial charge in [-0.25, -0.2) is 0 Å². The van der Waals surface area contributed by atoms with Crippen LogP contribution in [0.3, 0.4) is 0 Å². The van der Waals surface area contributed by atoms with Crippen LogP contribution in [0.1, 0.15) is 43.1 Å². The summed E-state index contributed by atoms with van der Waals surface area (Å²) in [7, 11) is 0. The van der Waals surface area contributed by atoms with E-state index in [-0.39, 0.29) is 17.7 Å². The molecular formula is C14H19N3O2. The van der Waals surface area contributed by atoms with Gasteiger partial charge in [0.1, 0.15) is 0 Å². The van der Waals surface area contributed by atoms with Crippen LogP contribution in [0.5, 0.6) is 0 Å². The van der Waals surface area contributed by atoms with E-state index in [9.17, 15) is 9.59 Å². The first kappa shape index (κ1) is 12.4. The lowest BCUT2D eigenvalue weighted by molar-refractivity contribution is -0.134. The number of hydrogen-bond acceptors (Lipinski definition) is 3. The Morgan fingerprint density at radius 1 is 1.21 bits per heavy atom.